The number of ether oxygens (including phenoxy) is 1. The summed E-state index contributed by atoms with van der Waals surface area (Å²) in [6.07, 6.45) is 3.60. The second-order valence-corrected chi connectivity index (χ2v) is 5.62. The summed E-state index contributed by atoms with van der Waals surface area (Å²) in [6, 6.07) is 0. The topological polar surface area (TPSA) is 38.3 Å². The van der Waals surface area contributed by atoms with E-state index < -0.39 is 0 Å². The van der Waals surface area contributed by atoms with Gasteiger partial charge in [-0.05, 0) is 24.7 Å². The smallest absolute Gasteiger partial charge is 0.220 e. The van der Waals surface area contributed by atoms with E-state index in [2.05, 4.69) is 35.1 Å². The van der Waals surface area contributed by atoms with Gasteiger partial charge in [-0.1, -0.05) is 29.8 Å². The number of methoxy groups -OCH3 is 1. The SMILES string of the molecule is COCCC(C)(C)CNC(=O)CCCCBr. The van der Waals surface area contributed by atoms with Crippen LogP contribution in [0.25, 0.3) is 0 Å². The van der Waals surface area contributed by atoms with E-state index in [1.165, 1.54) is 0 Å². The quantitative estimate of drug-likeness (QED) is 0.524. The van der Waals surface area contributed by atoms with Crippen LogP contribution < -0.4 is 5.32 Å². The normalized spacial score (nSPS) is 11.5. The molecule has 0 atom stereocenters. The maximum absolute atomic E-state index is 11.5. The van der Waals surface area contributed by atoms with Crippen molar-refractivity contribution in [1.29, 1.82) is 0 Å². The first kappa shape index (κ1) is 15.9. The van der Waals surface area contributed by atoms with Gasteiger partial charge in [-0.2, -0.15) is 0 Å². The van der Waals surface area contributed by atoms with Crippen molar-refractivity contribution < 1.29 is 9.53 Å². The van der Waals surface area contributed by atoms with Gasteiger partial charge in [0.2, 0.25) is 5.91 Å². The zero-order valence-corrected chi connectivity index (χ0v) is 12.2. The van der Waals surface area contributed by atoms with Crippen molar-refractivity contribution in [1.82, 2.24) is 5.32 Å². The predicted molar refractivity (Wildman–Crippen MR) is 70.9 cm³/mol. The molecule has 0 aliphatic carbocycles. The molecule has 0 aliphatic rings. The lowest BCUT2D eigenvalue weighted by Crippen LogP contribution is -2.34. The second kappa shape index (κ2) is 8.99. The van der Waals surface area contributed by atoms with Gasteiger partial charge in [0.1, 0.15) is 0 Å². The average Bonchev–Trinajstić information content (AvgIpc) is 2.24. The Morgan fingerprint density at radius 1 is 1.38 bits per heavy atom. The van der Waals surface area contributed by atoms with Crippen molar-refractivity contribution in [3.63, 3.8) is 0 Å². The number of halogens is 1. The van der Waals surface area contributed by atoms with Crippen LogP contribution >= 0.6 is 15.9 Å². The van der Waals surface area contributed by atoms with Crippen molar-refractivity contribution in [3.05, 3.63) is 0 Å². The standard InChI is InChI=1S/C12H24BrNO2/c1-12(2,7-9-16-3)10-14-11(15)6-4-5-8-13/h4-10H2,1-3H3,(H,14,15). The number of carbonyl (C=O) groups is 1. The van der Waals surface area contributed by atoms with Crippen molar-refractivity contribution in [2.45, 2.75) is 39.5 Å². The Kier molecular flexibility index (Phi) is 8.94. The molecule has 0 spiro atoms. The minimum absolute atomic E-state index is 0.112. The fourth-order valence-corrected chi connectivity index (χ4v) is 1.67. The van der Waals surface area contributed by atoms with E-state index in [1.54, 1.807) is 7.11 Å². The molecule has 0 fully saturated rings. The molecule has 0 saturated heterocycles. The van der Waals surface area contributed by atoms with E-state index in [4.69, 9.17) is 4.74 Å². The summed E-state index contributed by atoms with van der Waals surface area (Å²) in [5.74, 6) is 0.159. The summed E-state index contributed by atoms with van der Waals surface area (Å²) >= 11 is 3.35. The lowest BCUT2D eigenvalue weighted by atomic mass is 9.89. The van der Waals surface area contributed by atoms with Crippen LogP contribution in [0, 0.1) is 5.41 Å². The lowest BCUT2D eigenvalue weighted by Gasteiger charge is -2.24. The molecule has 0 aromatic rings. The van der Waals surface area contributed by atoms with E-state index in [0.717, 1.165) is 37.7 Å². The van der Waals surface area contributed by atoms with Crippen molar-refractivity contribution in [3.8, 4) is 0 Å². The van der Waals surface area contributed by atoms with Gasteiger partial charge in [0, 0.05) is 32.0 Å². The monoisotopic (exact) mass is 293 g/mol. The highest BCUT2D eigenvalue weighted by Crippen LogP contribution is 2.18. The Hall–Kier alpha value is -0.0900. The molecular weight excluding hydrogens is 270 g/mol. The minimum atomic E-state index is 0.112. The zero-order valence-electron chi connectivity index (χ0n) is 10.6. The summed E-state index contributed by atoms with van der Waals surface area (Å²) in [5, 5.41) is 3.95. The first-order valence-electron chi connectivity index (χ1n) is 5.83. The summed E-state index contributed by atoms with van der Waals surface area (Å²) in [6.45, 7) is 5.76. The molecule has 0 heterocycles. The Labute approximate surface area is 107 Å². The number of alkyl halides is 1. The maximum atomic E-state index is 11.5. The number of hydrogen-bond donors (Lipinski definition) is 1. The van der Waals surface area contributed by atoms with E-state index in [1.807, 2.05) is 0 Å². The van der Waals surface area contributed by atoms with E-state index in [0.29, 0.717) is 6.42 Å². The Morgan fingerprint density at radius 3 is 2.62 bits per heavy atom. The van der Waals surface area contributed by atoms with Gasteiger partial charge in [0.05, 0.1) is 0 Å². The fourth-order valence-electron chi connectivity index (χ4n) is 1.27. The van der Waals surface area contributed by atoms with Crippen LogP contribution in [0.5, 0.6) is 0 Å². The van der Waals surface area contributed by atoms with Crippen molar-refractivity contribution in [2.75, 3.05) is 25.6 Å². The molecule has 96 valence electrons. The lowest BCUT2D eigenvalue weighted by molar-refractivity contribution is -0.121. The molecule has 0 rings (SSSR count). The summed E-state index contributed by atoms with van der Waals surface area (Å²) < 4.78 is 5.05. The zero-order chi connectivity index (χ0) is 12.4. The van der Waals surface area contributed by atoms with Crippen LogP contribution in [0.1, 0.15) is 39.5 Å². The summed E-state index contributed by atoms with van der Waals surface area (Å²) in [4.78, 5) is 11.5. The number of carbonyl (C=O) groups excluding carboxylic acids is 1. The van der Waals surface area contributed by atoms with Crippen molar-refractivity contribution in [2.24, 2.45) is 5.41 Å². The molecule has 0 bridgehead atoms. The van der Waals surface area contributed by atoms with Gasteiger partial charge in [0.25, 0.3) is 0 Å². The number of rotatable bonds is 9. The summed E-state index contributed by atoms with van der Waals surface area (Å²) in [5.41, 5.74) is 0.112. The summed E-state index contributed by atoms with van der Waals surface area (Å²) in [7, 11) is 1.70. The third-order valence-electron chi connectivity index (χ3n) is 2.53. The van der Waals surface area contributed by atoms with Crippen LogP contribution in [0.15, 0.2) is 0 Å². The Morgan fingerprint density at radius 2 is 2.06 bits per heavy atom. The number of nitrogens with one attached hydrogen (secondary N) is 1. The van der Waals surface area contributed by atoms with Gasteiger partial charge < -0.3 is 10.1 Å². The number of unbranched alkanes of at least 4 members (excludes halogenated alkanes) is 1. The van der Waals surface area contributed by atoms with E-state index in [-0.39, 0.29) is 11.3 Å². The molecule has 1 amide bonds. The largest absolute Gasteiger partial charge is 0.385 e. The molecule has 0 saturated carbocycles. The highest BCUT2D eigenvalue weighted by molar-refractivity contribution is 9.09. The first-order valence-corrected chi connectivity index (χ1v) is 6.95. The van der Waals surface area contributed by atoms with Gasteiger partial charge in [-0.15, -0.1) is 0 Å². The van der Waals surface area contributed by atoms with Crippen LogP contribution in [-0.4, -0.2) is 31.5 Å². The van der Waals surface area contributed by atoms with Gasteiger partial charge in [-0.25, -0.2) is 0 Å². The fraction of sp³-hybridized carbons (Fsp3) is 0.917. The van der Waals surface area contributed by atoms with Gasteiger partial charge >= 0.3 is 0 Å². The van der Waals surface area contributed by atoms with E-state index in [9.17, 15) is 4.79 Å². The van der Waals surface area contributed by atoms with Gasteiger partial charge in [-0.3, -0.25) is 4.79 Å². The maximum Gasteiger partial charge on any atom is 0.220 e. The molecule has 3 nitrogen and oxygen atoms in total. The van der Waals surface area contributed by atoms with Crippen LogP contribution in [0.3, 0.4) is 0 Å². The van der Waals surface area contributed by atoms with Crippen molar-refractivity contribution >= 4 is 21.8 Å². The number of amides is 1. The molecule has 16 heavy (non-hydrogen) atoms. The first-order chi connectivity index (χ1) is 7.52. The molecule has 0 aromatic carbocycles. The Bertz CT molecular complexity index is 195. The third-order valence-corrected chi connectivity index (χ3v) is 3.10. The van der Waals surface area contributed by atoms with Crippen LogP contribution in [-0.2, 0) is 9.53 Å². The predicted octanol–water partition coefficient (Wildman–Crippen LogP) is 2.73. The molecule has 4 heteroatoms. The molecule has 1 N–H and O–H groups in total. The van der Waals surface area contributed by atoms with Crippen LogP contribution in [0.2, 0.25) is 0 Å². The third kappa shape index (κ3) is 9.16. The molecule has 0 aliphatic heterocycles. The minimum Gasteiger partial charge on any atom is -0.385 e. The van der Waals surface area contributed by atoms with Crippen LogP contribution in [0.4, 0.5) is 0 Å². The van der Waals surface area contributed by atoms with Gasteiger partial charge in [0.15, 0.2) is 0 Å². The molecule has 0 radical (unpaired) electrons. The molecule has 0 aromatic heterocycles. The molecule has 0 unspecified atom stereocenters. The second-order valence-electron chi connectivity index (χ2n) is 4.83. The molecular formula is C12H24BrNO2. The highest BCUT2D eigenvalue weighted by Gasteiger charge is 2.18. The number of hydrogen-bond acceptors (Lipinski definition) is 2. The van der Waals surface area contributed by atoms with E-state index >= 15 is 0 Å². The Balaban J connectivity index is 3.64. The average molecular weight is 294 g/mol. The highest BCUT2D eigenvalue weighted by atomic mass is 79.9.